The fourth-order valence-corrected chi connectivity index (χ4v) is 3.43. The molecule has 3 aromatic rings. The predicted octanol–water partition coefficient (Wildman–Crippen LogP) is 4.34. The van der Waals surface area contributed by atoms with Gasteiger partial charge in [0.05, 0.1) is 13.2 Å². The Morgan fingerprint density at radius 3 is 2.82 bits per heavy atom. The molecule has 0 aliphatic carbocycles. The smallest absolute Gasteiger partial charge is 0.227 e. The molecular formula is C21H23N3O3S. The van der Waals surface area contributed by atoms with Crippen LogP contribution in [0.3, 0.4) is 0 Å². The van der Waals surface area contributed by atoms with Gasteiger partial charge in [-0.15, -0.1) is 17.9 Å². The van der Waals surface area contributed by atoms with E-state index < -0.39 is 0 Å². The van der Waals surface area contributed by atoms with Crippen molar-refractivity contribution < 1.29 is 14.1 Å². The molecule has 0 fully saturated rings. The van der Waals surface area contributed by atoms with Crippen LogP contribution in [0.25, 0.3) is 11.4 Å². The van der Waals surface area contributed by atoms with E-state index in [1.807, 2.05) is 48.7 Å². The zero-order chi connectivity index (χ0) is 19.8. The van der Waals surface area contributed by atoms with Gasteiger partial charge in [0.2, 0.25) is 17.6 Å². The van der Waals surface area contributed by atoms with Crippen LogP contribution in [0, 0.1) is 0 Å². The Morgan fingerprint density at radius 2 is 2.14 bits per heavy atom. The summed E-state index contributed by atoms with van der Waals surface area (Å²) < 4.78 is 10.7. The van der Waals surface area contributed by atoms with Gasteiger partial charge in [-0.2, -0.15) is 4.98 Å². The van der Waals surface area contributed by atoms with Crippen molar-refractivity contribution in [3.63, 3.8) is 0 Å². The third-order valence-electron chi connectivity index (χ3n) is 4.07. The number of thiophene rings is 1. The van der Waals surface area contributed by atoms with Gasteiger partial charge in [-0.05, 0) is 42.6 Å². The minimum Gasteiger partial charge on any atom is -0.494 e. The van der Waals surface area contributed by atoms with E-state index in [9.17, 15) is 4.79 Å². The highest BCUT2D eigenvalue weighted by Crippen LogP contribution is 2.20. The van der Waals surface area contributed by atoms with Crippen molar-refractivity contribution in [2.75, 3.05) is 13.2 Å². The number of carbonyl (C=O) groups is 1. The van der Waals surface area contributed by atoms with Crippen LogP contribution < -0.4 is 4.74 Å². The standard InChI is InChI=1S/C21H23N3O3S/c1-3-13-24(15-18-6-5-14-28-18)20(25)12-11-19-22-21(23-27-19)16-7-9-17(10-8-16)26-4-2/h3,5-10,14H,1,4,11-13,15H2,2H3. The summed E-state index contributed by atoms with van der Waals surface area (Å²) in [7, 11) is 0. The van der Waals surface area contributed by atoms with Crippen LogP contribution in [0.15, 0.2) is 59.0 Å². The molecule has 6 nitrogen and oxygen atoms in total. The first kappa shape index (κ1) is 19.8. The first-order chi connectivity index (χ1) is 13.7. The second-order valence-electron chi connectivity index (χ2n) is 6.11. The Hall–Kier alpha value is -2.93. The van der Waals surface area contributed by atoms with Crippen molar-refractivity contribution in [3.8, 4) is 17.1 Å². The van der Waals surface area contributed by atoms with Crippen molar-refractivity contribution in [1.82, 2.24) is 15.0 Å². The Kier molecular flexibility index (Phi) is 6.97. The van der Waals surface area contributed by atoms with Gasteiger partial charge < -0.3 is 14.2 Å². The van der Waals surface area contributed by atoms with Crippen LogP contribution in [0.4, 0.5) is 0 Å². The van der Waals surface area contributed by atoms with Crippen molar-refractivity contribution in [3.05, 3.63) is 65.2 Å². The van der Waals surface area contributed by atoms with E-state index in [1.54, 1.807) is 22.3 Å². The lowest BCUT2D eigenvalue weighted by Gasteiger charge is -2.20. The number of benzene rings is 1. The lowest BCUT2D eigenvalue weighted by Crippen LogP contribution is -2.30. The number of hydrogen-bond donors (Lipinski definition) is 0. The van der Waals surface area contributed by atoms with Crippen LogP contribution in [0.2, 0.25) is 0 Å². The van der Waals surface area contributed by atoms with Crippen LogP contribution in [0.5, 0.6) is 5.75 Å². The summed E-state index contributed by atoms with van der Waals surface area (Å²) >= 11 is 1.64. The molecular weight excluding hydrogens is 374 g/mol. The molecule has 0 saturated carbocycles. The highest BCUT2D eigenvalue weighted by molar-refractivity contribution is 7.09. The zero-order valence-electron chi connectivity index (χ0n) is 15.8. The number of ether oxygens (including phenoxy) is 1. The average Bonchev–Trinajstić information content (AvgIpc) is 3.39. The second kappa shape index (κ2) is 9.85. The third-order valence-corrected chi connectivity index (χ3v) is 4.93. The lowest BCUT2D eigenvalue weighted by molar-refractivity contribution is -0.131. The molecule has 7 heteroatoms. The van der Waals surface area contributed by atoms with Crippen LogP contribution in [0.1, 0.15) is 24.1 Å². The number of carbonyl (C=O) groups excluding carboxylic acids is 1. The lowest BCUT2D eigenvalue weighted by atomic mass is 10.2. The van der Waals surface area contributed by atoms with E-state index in [0.29, 0.717) is 44.3 Å². The van der Waals surface area contributed by atoms with Gasteiger partial charge in [-0.1, -0.05) is 17.3 Å². The molecule has 1 amide bonds. The molecule has 0 spiro atoms. The number of nitrogens with zero attached hydrogens (tertiary/aromatic N) is 3. The van der Waals surface area contributed by atoms with Crippen LogP contribution >= 0.6 is 11.3 Å². The van der Waals surface area contributed by atoms with E-state index in [1.165, 1.54) is 0 Å². The minimum absolute atomic E-state index is 0.0362. The molecule has 28 heavy (non-hydrogen) atoms. The highest BCUT2D eigenvalue weighted by Gasteiger charge is 2.16. The maximum absolute atomic E-state index is 12.6. The highest BCUT2D eigenvalue weighted by atomic mass is 32.1. The van der Waals surface area contributed by atoms with E-state index >= 15 is 0 Å². The average molecular weight is 398 g/mol. The summed E-state index contributed by atoms with van der Waals surface area (Å²) in [6.07, 6.45) is 2.45. The van der Waals surface area contributed by atoms with Gasteiger partial charge in [0.1, 0.15) is 5.75 Å². The van der Waals surface area contributed by atoms with E-state index in [-0.39, 0.29) is 5.91 Å². The summed E-state index contributed by atoms with van der Waals surface area (Å²) in [5.41, 5.74) is 0.843. The normalized spacial score (nSPS) is 10.6. The summed E-state index contributed by atoms with van der Waals surface area (Å²) in [5, 5.41) is 6.02. The van der Waals surface area contributed by atoms with E-state index in [4.69, 9.17) is 9.26 Å². The molecule has 0 unspecified atom stereocenters. The molecule has 0 aliphatic rings. The molecule has 0 bridgehead atoms. The molecule has 0 N–H and O–H groups in total. The summed E-state index contributed by atoms with van der Waals surface area (Å²) in [5.74, 6) is 1.79. The van der Waals surface area contributed by atoms with Crippen LogP contribution in [-0.4, -0.2) is 34.1 Å². The first-order valence-corrected chi connectivity index (χ1v) is 10.0. The van der Waals surface area contributed by atoms with Gasteiger partial charge in [-0.3, -0.25) is 4.79 Å². The topological polar surface area (TPSA) is 68.5 Å². The van der Waals surface area contributed by atoms with E-state index in [0.717, 1.165) is 16.2 Å². The largest absolute Gasteiger partial charge is 0.494 e. The summed E-state index contributed by atoms with van der Waals surface area (Å²) in [6, 6.07) is 11.5. The van der Waals surface area contributed by atoms with Crippen molar-refractivity contribution >= 4 is 17.2 Å². The maximum atomic E-state index is 12.6. The minimum atomic E-state index is 0.0362. The summed E-state index contributed by atoms with van der Waals surface area (Å²) in [4.78, 5) is 19.9. The van der Waals surface area contributed by atoms with Crippen molar-refractivity contribution in [2.45, 2.75) is 26.3 Å². The fourth-order valence-electron chi connectivity index (χ4n) is 2.71. The quantitative estimate of drug-likeness (QED) is 0.476. The number of hydrogen-bond acceptors (Lipinski definition) is 6. The molecule has 3 rings (SSSR count). The Morgan fingerprint density at radius 1 is 1.32 bits per heavy atom. The number of rotatable bonds is 10. The third kappa shape index (κ3) is 5.29. The van der Waals surface area contributed by atoms with Gasteiger partial charge in [0.15, 0.2) is 0 Å². The number of aromatic nitrogens is 2. The van der Waals surface area contributed by atoms with Gasteiger partial charge in [0, 0.05) is 29.8 Å². The second-order valence-corrected chi connectivity index (χ2v) is 7.14. The number of amides is 1. The molecule has 146 valence electrons. The van der Waals surface area contributed by atoms with Gasteiger partial charge in [-0.25, -0.2) is 0 Å². The van der Waals surface area contributed by atoms with Gasteiger partial charge >= 0.3 is 0 Å². The number of aryl methyl sites for hydroxylation is 1. The molecule has 0 saturated heterocycles. The van der Waals surface area contributed by atoms with E-state index in [2.05, 4.69) is 16.7 Å². The predicted molar refractivity (Wildman–Crippen MR) is 109 cm³/mol. The molecule has 0 aliphatic heterocycles. The van der Waals surface area contributed by atoms with Crippen molar-refractivity contribution in [1.29, 1.82) is 0 Å². The Labute approximate surface area is 168 Å². The summed E-state index contributed by atoms with van der Waals surface area (Å²) in [6.45, 7) is 7.41. The first-order valence-electron chi connectivity index (χ1n) is 9.16. The Balaban J connectivity index is 1.58. The molecule has 1 aromatic carbocycles. The van der Waals surface area contributed by atoms with Gasteiger partial charge in [0.25, 0.3) is 0 Å². The molecule has 0 radical (unpaired) electrons. The monoisotopic (exact) mass is 397 g/mol. The Bertz CT molecular complexity index is 888. The molecule has 2 heterocycles. The maximum Gasteiger partial charge on any atom is 0.227 e. The zero-order valence-corrected chi connectivity index (χ0v) is 16.7. The molecule has 2 aromatic heterocycles. The van der Waals surface area contributed by atoms with Crippen molar-refractivity contribution in [2.24, 2.45) is 0 Å². The fraction of sp³-hybridized carbons (Fsp3) is 0.286. The van der Waals surface area contributed by atoms with Crippen LogP contribution in [-0.2, 0) is 17.8 Å². The SMILES string of the molecule is C=CCN(Cc1cccs1)C(=O)CCc1nc(-c2ccc(OCC)cc2)no1. The molecule has 0 atom stereocenters.